The van der Waals surface area contributed by atoms with E-state index in [1.807, 2.05) is 6.07 Å². The number of rotatable bonds is 5. The summed E-state index contributed by atoms with van der Waals surface area (Å²) in [6.07, 6.45) is 1.71. The predicted molar refractivity (Wildman–Crippen MR) is 77.5 cm³/mol. The van der Waals surface area contributed by atoms with Crippen molar-refractivity contribution in [2.45, 2.75) is 6.54 Å². The van der Waals surface area contributed by atoms with Crippen LogP contribution in [-0.4, -0.2) is 18.0 Å². The molecule has 1 amide bonds. The summed E-state index contributed by atoms with van der Waals surface area (Å²) in [4.78, 5) is 15.2. The highest BCUT2D eigenvalue weighted by atomic mass is 16.5. The van der Waals surface area contributed by atoms with Crippen LogP contribution in [0, 0.1) is 0 Å². The van der Waals surface area contributed by atoms with Gasteiger partial charge >= 0.3 is 0 Å². The predicted octanol–water partition coefficient (Wildman–Crippen LogP) is 1.38. The molecule has 0 bridgehead atoms. The Labute approximate surface area is 116 Å². The molecule has 1 aromatic carbocycles. The molecular formula is C14H16N4O2. The second kappa shape index (κ2) is 5.92. The lowest BCUT2D eigenvalue weighted by molar-refractivity contribution is 0.100. The van der Waals surface area contributed by atoms with Gasteiger partial charge in [-0.25, -0.2) is 4.98 Å². The van der Waals surface area contributed by atoms with Crippen LogP contribution in [0.2, 0.25) is 0 Å². The molecule has 0 aliphatic rings. The first kappa shape index (κ1) is 13.7. The second-order valence-corrected chi connectivity index (χ2v) is 4.23. The first-order valence-corrected chi connectivity index (χ1v) is 6.02. The molecule has 0 fully saturated rings. The van der Waals surface area contributed by atoms with E-state index in [4.69, 9.17) is 16.2 Å². The van der Waals surface area contributed by atoms with Crippen molar-refractivity contribution in [2.75, 3.05) is 18.2 Å². The fraction of sp³-hybridized carbons (Fsp3) is 0.143. The molecule has 0 atom stereocenters. The van der Waals surface area contributed by atoms with Crippen LogP contribution >= 0.6 is 0 Å². The lowest BCUT2D eigenvalue weighted by atomic mass is 10.1. The summed E-state index contributed by atoms with van der Waals surface area (Å²) in [7, 11) is 1.57. The SMILES string of the molecule is COc1ccc(CNc2cc(C(N)=O)ccc2N)cn1. The maximum Gasteiger partial charge on any atom is 0.248 e. The molecule has 0 unspecified atom stereocenters. The summed E-state index contributed by atoms with van der Waals surface area (Å²) in [6, 6.07) is 8.55. The number of nitrogens with one attached hydrogen (secondary N) is 1. The van der Waals surface area contributed by atoms with Gasteiger partial charge in [-0.15, -0.1) is 0 Å². The molecule has 2 rings (SSSR count). The number of nitrogens with zero attached hydrogens (tertiary/aromatic N) is 1. The number of carbonyl (C=O) groups is 1. The van der Waals surface area contributed by atoms with Crippen LogP contribution in [0.3, 0.4) is 0 Å². The number of hydrogen-bond acceptors (Lipinski definition) is 5. The van der Waals surface area contributed by atoms with E-state index in [1.165, 1.54) is 0 Å². The van der Waals surface area contributed by atoms with Gasteiger partial charge in [-0.3, -0.25) is 4.79 Å². The van der Waals surface area contributed by atoms with E-state index >= 15 is 0 Å². The number of nitrogen functional groups attached to an aromatic ring is 1. The number of benzene rings is 1. The lowest BCUT2D eigenvalue weighted by Gasteiger charge is -2.10. The molecule has 0 aliphatic carbocycles. The van der Waals surface area contributed by atoms with Crippen LogP contribution in [0.1, 0.15) is 15.9 Å². The zero-order valence-corrected chi connectivity index (χ0v) is 11.1. The Morgan fingerprint density at radius 1 is 1.35 bits per heavy atom. The molecule has 6 heteroatoms. The molecule has 6 nitrogen and oxygen atoms in total. The zero-order valence-electron chi connectivity index (χ0n) is 11.1. The Morgan fingerprint density at radius 3 is 2.75 bits per heavy atom. The molecule has 5 N–H and O–H groups in total. The number of pyridine rings is 1. The summed E-state index contributed by atoms with van der Waals surface area (Å²) < 4.78 is 4.99. The van der Waals surface area contributed by atoms with Gasteiger partial charge in [-0.05, 0) is 23.8 Å². The summed E-state index contributed by atoms with van der Waals surface area (Å²) in [5.41, 5.74) is 13.7. The van der Waals surface area contributed by atoms with Gasteiger partial charge in [0.05, 0.1) is 18.5 Å². The van der Waals surface area contributed by atoms with E-state index in [1.54, 1.807) is 37.6 Å². The van der Waals surface area contributed by atoms with Crippen LogP contribution in [-0.2, 0) is 6.54 Å². The van der Waals surface area contributed by atoms with Gasteiger partial charge in [0, 0.05) is 24.4 Å². The van der Waals surface area contributed by atoms with Crippen molar-refractivity contribution in [1.29, 1.82) is 0 Å². The number of ether oxygens (including phenoxy) is 1. The minimum Gasteiger partial charge on any atom is -0.481 e. The second-order valence-electron chi connectivity index (χ2n) is 4.23. The first-order valence-electron chi connectivity index (χ1n) is 6.02. The Hall–Kier alpha value is -2.76. The molecule has 0 saturated carbocycles. The van der Waals surface area contributed by atoms with Crippen molar-refractivity contribution in [3.05, 3.63) is 47.7 Å². The largest absolute Gasteiger partial charge is 0.481 e. The van der Waals surface area contributed by atoms with Crippen LogP contribution in [0.25, 0.3) is 0 Å². The van der Waals surface area contributed by atoms with Crippen molar-refractivity contribution >= 4 is 17.3 Å². The van der Waals surface area contributed by atoms with Crippen LogP contribution in [0.15, 0.2) is 36.5 Å². The molecule has 1 aromatic heterocycles. The van der Waals surface area contributed by atoms with Gasteiger partial charge in [-0.2, -0.15) is 0 Å². The van der Waals surface area contributed by atoms with Gasteiger partial charge in [0.15, 0.2) is 0 Å². The lowest BCUT2D eigenvalue weighted by Crippen LogP contribution is -2.12. The molecule has 0 aliphatic heterocycles. The monoisotopic (exact) mass is 272 g/mol. The molecular weight excluding hydrogens is 256 g/mol. The summed E-state index contributed by atoms with van der Waals surface area (Å²) in [6.45, 7) is 0.531. The molecule has 20 heavy (non-hydrogen) atoms. The summed E-state index contributed by atoms with van der Waals surface area (Å²) in [5.74, 6) is 0.0724. The molecule has 1 heterocycles. The average molecular weight is 272 g/mol. The van der Waals surface area contributed by atoms with Gasteiger partial charge in [-0.1, -0.05) is 6.07 Å². The Balaban J connectivity index is 2.09. The van der Waals surface area contributed by atoms with Crippen molar-refractivity contribution < 1.29 is 9.53 Å². The smallest absolute Gasteiger partial charge is 0.248 e. The summed E-state index contributed by atoms with van der Waals surface area (Å²) >= 11 is 0. The number of methoxy groups -OCH3 is 1. The fourth-order valence-corrected chi connectivity index (χ4v) is 1.70. The highest BCUT2D eigenvalue weighted by Gasteiger charge is 2.05. The van der Waals surface area contributed by atoms with E-state index in [0.29, 0.717) is 29.4 Å². The Kier molecular flexibility index (Phi) is 4.05. The van der Waals surface area contributed by atoms with Gasteiger partial charge in [0.2, 0.25) is 11.8 Å². The third-order valence-corrected chi connectivity index (χ3v) is 2.83. The van der Waals surface area contributed by atoms with Gasteiger partial charge in [0.25, 0.3) is 0 Å². The molecule has 0 radical (unpaired) electrons. The molecule has 0 spiro atoms. The van der Waals surface area contributed by atoms with E-state index < -0.39 is 5.91 Å². The highest BCUT2D eigenvalue weighted by Crippen LogP contribution is 2.20. The highest BCUT2D eigenvalue weighted by molar-refractivity contribution is 5.94. The normalized spacial score (nSPS) is 10.1. The van der Waals surface area contributed by atoms with Crippen LogP contribution in [0.5, 0.6) is 5.88 Å². The minimum atomic E-state index is -0.487. The average Bonchev–Trinajstić information content (AvgIpc) is 2.46. The Morgan fingerprint density at radius 2 is 2.15 bits per heavy atom. The number of anilines is 2. The van der Waals surface area contributed by atoms with Crippen molar-refractivity contribution in [3.8, 4) is 5.88 Å². The maximum absolute atomic E-state index is 11.1. The van der Waals surface area contributed by atoms with E-state index in [-0.39, 0.29) is 0 Å². The Bertz CT molecular complexity index is 611. The number of carbonyl (C=O) groups excluding carboxylic acids is 1. The van der Waals surface area contributed by atoms with E-state index in [0.717, 1.165) is 5.56 Å². The fourth-order valence-electron chi connectivity index (χ4n) is 1.70. The first-order chi connectivity index (χ1) is 9.60. The standard InChI is InChI=1S/C14H16N4O2/c1-20-13-5-2-9(8-18-13)7-17-12-6-10(14(16)19)3-4-11(12)15/h2-6,8,17H,7,15H2,1H3,(H2,16,19). The van der Waals surface area contributed by atoms with E-state index in [9.17, 15) is 4.79 Å². The summed E-state index contributed by atoms with van der Waals surface area (Å²) in [5, 5.41) is 3.15. The van der Waals surface area contributed by atoms with E-state index in [2.05, 4.69) is 10.3 Å². The van der Waals surface area contributed by atoms with Crippen LogP contribution < -0.4 is 21.5 Å². The number of amides is 1. The molecule has 0 saturated heterocycles. The topological polar surface area (TPSA) is 103 Å². The van der Waals surface area contributed by atoms with Crippen molar-refractivity contribution in [3.63, 3.8) is 0 Å². The number of hydrogen-bond donors (Lipinski definition) is 3. The van der Waals surface area contributed by atoms with Crippen molar-refractivity contribution in [2.24, 2.45) is 5.73 Å². The number of nitrogens with two attached hydrogens (primary N) is 2. The molecule has 2 aromatic rings. The van der Waals surface area contributed by atoms with Crippen molar-refractivity contribution in [1.82, 2.24) is 4.98 Å². The number of aromatic nitrogens is 1. The van der Waals surface area contributed by atoms with Gasteiger partial charge < -0.3 is 21.5 Å². The minimum absolute atomic E-state index is 0.412. The quantitative estimate of drug-likeness (QED) is 0.713. The van der Waals surface area contributed by atoms with Gasteiger partial charge in [0.1, 0.15) is 0 Å². The molecule has 104 valence electrons. The van der Waals surface area contributed by atoms with Crippen LogP contribution in [0.4, 0.5) is 11.4 Å². The number of primary amides is 1. The third kappa shape index (κ3) is 3.17. The zero-order chi connectivity index (χ0) is 14.5. The third-order valence-electron chi connectivity index (χ3n) is 2.83. The maximum atomic E-state index is 11.1.